The van der Waals surface area contributed by atoms with Crippen LogP contribution in [0.3, 0.4) is 0 Å². The molecule has 3 N–H and O–H groups in total. The number of H-pyrrole nitrogens is 1. The Morgan fingerprint density at radius 2 is 1.91 bits per heavy atom. The van der Waals surface area contributed by atoms with Gasteiger partial charge in [-0.2, -0.15) is 13.2 Å². The first-order valence-electron chi connectivity index (χ1n) is 10.7. The third-order valence-electron chi connectivity index (χ3n) is 5.14. The topological polar surface area (TPSA) is 128 Å². The van der Waals surface area contributed by atoms with E-state index in [9.17, 15) is 22.8 Å². The smallest absolute Gasteiger partial charge is 0.475 e. The van der Waals surface area contributed by atoms with Gasteiger partial charge < -0.3 is 20.3 Å². The van der Waals surface area contributed by atoms with Gasteiger partial charge in [-0.25, -0.2) is 9.78 Å². The van der Waals surface area contributed by atoms with Crippen LogP contribution in [-0.4, -0.2) is 68.2 Å². The number of piperidine rings is 1. The Hall–Kier alpha value is -3.28. The molecule has 1 fully saturated rings. The van der Waals surface area contributed by atoms with Crippen molar-refractivity contribution in [3.05, 3.63) is 46.1 Å². The fourth-order valence-electron chi connectivity index (χ4n) is 3.49. The SMILES string of the molecule is Cc1nc(-c2cccnc2)[nH]c(=O)c1CC(=O)N1CCC(NC(C)C)CC1.O=C(O)C(F)(F)F. The lowest BCUT2D eigenvalue weighted by Gasteiger charge is -2.33. The fraction of sp³-hybridized carbons (Fsp3) is 0.500. The Labute approximate surface area is 194 Å². The molecule has 0 bridgehead atoms. The second kappa shape index (κ2) is 11.7. The monoisotopic (exact) mass is 483 g/mol. The van der Waals surface area contributed by atoms with Gasteiger partial charge in [-0.1, -0.05) is 13.8 Å². The van der Waals surface area contributed by atoms with Gasteiger partial charge in [-0.05, 0) is 31.9 Å². The number of aromatic amines is 1. The predicted molar refractivity (Wildman–Crippen MR) is 118 cm³/mol. The number of carboxylic acids is 1. The molecule has 9 nitrogen and oxygen atoms in total. The Balaban J connectivity index is 0.000000509. The van der Waals surface area contributed by atoms with Crippen LogP contribution in [0.1, 0.15) is 37.9 Å². The van der Waals surface area contributed by atoms with E-state index in [4.69, 9.17) is 9.90 Å². The number of halogens is 3. The zero-order chi connectivity index (χ0) is 25.5. The Kier molecular flexibility index (Phi) is 9.30. The zero-order valence-corrected chi connectivity index (χ0v) is 19.1. The van der Waals surface area contributed by atoms with E-state index in [1.165, 1.54) is 0 Å². The van der Waals surface area contributed by atoms with E-state index in [-0.39, 0.29) is 17.9 Å². The van der Waals surface area contributed by atoms with Gasteiger partial charge in [0.2, 0.25) is 5.91 Å². The van der Waals surface area contributed by atoms with Gasteiger partial charge in [0.1, 0.15) is 5.82 Å². The Morgan fingerprint density at radius 1 is 1.29 bits per heavy atom. The molecule has 0 spiro atoms. The van der Waals surface area contributed by atoms with Gasteiger partial charge in [-0.3, -0.25) is 14.6 Å². The number of nitrogens with zero attached hydrogens (tertiary/aromatic N) is 3. The average Bonchev–Trinajstić information content (AvgIpc) is 2.76. The number of pyridine rings is 1. The van der Waals surface area contributed by atoms with Crippen molar-refractivity contribution >= 4 is 11.9 Å². The van der Waals surface area contributed by atoms with Crippen molar-refractivity contribution in [2.24, 2.45) is 0 Å². The maximum atomic E-state index is 12.7. The molecule has 2 aromatic rings. The van der Waals surface area contributed by atoms with Crippen LogP contribution in [0, 0.1) is 6.92 Å². The number of carbonyl (C=O) groups is 2. The van der Waals surface area contributed by atoms with Crippen LogP contribution in [0.2, 0.25) is 0 Å². The number of alkyl halides is 3. The van der Waals surface area contributed by atoms with E-state index in [0.717, 1.165) is 31.5 Å². The van der Waals surface area contributed by atoms with E-state index in [1.54, 1.807) is 25.4 Å². The minimum absolute atomic E-state index is 0.0116. The second-order valence-electron chi connectivity index (χ2n) is 8.18. The van der Waals surface area contributed by atoms with Crippen LogP contribution < -0.4 is 10.9 Å². The third-order valence-corrected chi connectivity index (χ3v) is 5.14. The van der Waals surface area contributed by atoms with Crippen molar-refractivity contribution in [2.75, 3.05) is 13.1 Å². The summed E-state index contributed by atoms with van der Waals surface area (Å²) in [5.74, 6) is -2.29. The number of hydrogen-bond donors (Lipinski definition) is 3. The molecule has 1 saturated heterocycles. The van der Waals surface area contributed by atoms with Crippen molar-refractivity contribution in [3.8, 4) is 11.4 Å². The Morgan fingerprint density at radius 3 is 2.38 bits per heavy atom. The summed E-state index contributed by atoms with van der Waals surface area (Å²) in [6, 6.07) is 4.53. The van der Waals surface area contributed by atoms with Gasteiger partial charge in [0.25, 0.3) is 5.56 Å². The number of rotatable bonds is 5. The summed E-state index contributed by atoms with van der Waals surface area (Å²) in [5.41, 5.74) is 1.51. The highest BCUT2D eigenvalue weighted by atomic mass is 19.4. The van der Waals surface area contributed by atoms with Crippen LogP contribution in [0.15, 0.2) is 29.3 Å². The number of carboxylic acid groups (broad SMARTS) is 1. The first-order valence-corrected chi connectivity index (χ1v) is 10.7. The quantitative estimate of drug-likeness (QED) is 0.595. The molecule has 0 saturated carbocycles. The molecule has 1 aliphatic heterocycles. The van der Waals surface area contributed by atoms with Crippen LogP contribution in [0.25, 0.3) is 11.4 Å². The van der Waals surface area contributed by atoms with E-state index in [1.807, 2.05) is 11.0 Å². The van der Waals surface area contributed by atoms with Crippen molar-refractivity contribution < 1.29 is 27.9 Å². The first-order chi connectivity index (χ1) is 15.9. The molecule has 1 amide bonds. The number of nitrogens with one attached hydrogen (secondary N) is 2. The lowest BCUT2D eigenvalue weighted by Crippen LogP contribution is -2.47. The Bertz CT molecular complexity index is 1030. The minimum atomic E-state index is -5.08. The molecule has 0 aromatic carbocycles. The van der Waals surface area contributed by atoms with E-state index >= 15 is 0 Å². The van der Waals surface area contributed by atoms with Gasteiger partial charge in [-0.15, -0.1) is 0 Å². The van der Waals surface area contributed by atoms with E-state index in [0.29, 0.717) is 29.2 Å². The molecule has 186 valence electrons. The van der Waals surface area contributed by atoms with Crippen LogP contribution in [0.5, 0.6) is 0 Å². The first kappa shape index (κ1) is 27.0. The normalized spacial score (nSPS) is 14.5. The zero-order valence-electron chi connectivity index (χ0n) is 19.1. The van der Waals surface area contributed by atoms with E-state index < -0.39 is 12.1 Å². The van der Waals surface area contributed by atoms with Gasteiger partial charge in [0, 0.05) is 54.4 Å². The molecule has 34 heavy (non-hydrogen) atoms. The third kappa shape index (κ3) is 7.94. The molecule has 0 radical (unpaired) electrons. The molecule has 0 unspecified atom stereocenters. The van der Waals surface area contributed by atoms with E-state index in [2.05, 4.69) is 34.1 Å². The number of hydrogen-bond acceptors (Lipinski definition) is 6. The fourth-order valence-corrected chi connectivity index (χ4v) is 3.49. The van der Waals surface area contributed by atoms with Crippen LogP contribution in [-0.2, 0) is 16.0 Å². The lowest BCUT2D eigenvalue weighted by atomic mass is 10.0. The number of likely N-dealkylation sites (tertiary alicyclic amines) is 1. The van der Waals surface area contributed by atoms with Crippen molar-refractivity contribution in [1.82, 2.24) is 25.2 Å². The summed E-state index contributed by atoms with van der Waals surface area (Å²) in [6.45, 7) is 7.49. The van der Waals surface area contributed by atoms with Gasteiger partial charge in [0.15, 0.2) is 0 Å². The summed E-state index contributed by atoms with van der Waals surface area (Å²) in [4.78, 5) is 47.3. The predicted octanol–water partition coefficient (Wildman–Crippen LogP) is 2.31. The maximum Gasteiger partial charge on any atom is 0.490 e. The number of carbonyl (C=O) groups excluding carboxylic acids is 1. The largest absolute Gasteiger partial charge is 0.490 e. The summed E-state index contributed by atoms with van der Waals surface area (Å²) in [5, 5.41) is 10.6. The highest BCUT2D eigenvalue weighted by molar-refractivity contribution is 5.79. The summed E-state index contributed by atoms with van der Waals surface area (Å²) in [7, 11) is 0. The minimum Gasteiger partial charge on any atom is -0.475 e. The molecular weight excluding hydrogens is 455 g/mol. The van der Waals surface area contributed by atoms with Gasteiger partial charge >= 0.3 is 12.1 Å². The molecular formula is C22H28F3N5O4. The molecule has 0 aliphatic carbocycles. The molecule has 2 aromatic heterocycles. The lowest BCUT2D eigenvalue weighted by molar-refractivity contribution is -0.192. The number of aryl methyl sites for hydroxylation is 1. The number of aliphatic carboxylic acids is 1. The van der Waals surface area contributed by atoms with Crippen molar-refractivity contribution in [1.29, 1.82) is 0 Å². The standard InChI is InChI=1S/C20H27N5O2.C2HF3O2/c1-13(2)22-16-6-9-25(10-7-16)18(26)11-17-14(3)23-19(24-20(17)27)15-5-4-8-21-12-15;3-2(4,5)1(6)7/h4-5,8,12-13,16,22H,6-7,9-11H2,1-3H3,(H,23,24,27);(H,6,7). The molecule has 1 aliphatic rings. The number of aromatic nitrogens is 3. The van der Waals surface area contributed by atoms with Crippen LogP contribution in [0.4, 0.5) is 13.2 Å². The summed E-state index contributed by atoms with van der Waals surface area (Å²) >= 11 is 0. The van der Waals surface area contributed by atoms with Gasteiger partial charge in [0.05, 0.1) is 6.42 Å². The summed E-state index contributed by atoms with van der Waals surface area (Å²) in [6.07, 6.45) is 0.206. The van der Waals surface area contributed by atoms with Crippen molar-refractivity contribution in [2.45, 2.75) is 58.3 Å². The summed E-state index contributed by atoms with van der Waals surface area (Å²) < 4.78 is 31.7. The molecule has 0 atom stereocenters. The number of amides is 1. The molecule has 3 heterocycles. The van der Waals surface area contributed by atoms with Crippen molar-refractivity contribution in [3.63, 3.8) is 0 Å². The highest BCUT2D eigenvalue weighted by Gasteiger charge is 2.38. The van der Waals surface area contributed by atoms with Crippen LogP contribution >= 0.6 is 0 Å². The molecule has 12 heteroatoms. The maximum absolute atomic E-state index is 12.7. The second-order valence-corrected chi connectivity index (χ2v) is 8.18. The highest BCUT2D eigenvalue weighted by Crippen LogP contribution is 2.16. The molecule has 3 rings (SSSR count). The average molecular weight is 483 g/mol.